The molecule has 2 amide bonds. The largest absolute Gasteiger partial charge is 0.337 e. The number of nitrogens with one attached hydrogen (secondary N) is 3. The van der Waals surface area contributed by atoms with E-state index in [1.807, 2.05) is 13.8 Å². The summed E-state index contributed by atoms with van der Waals surface area (Å²) < 4.78 is 0. The molecule has 1 saturated heterocycles. The van der Waals surface area contributed by atoms with Gasteiger partial charge in [-0.25, -0.2) is 4.79 Å². The lowest BCUT2D eigenvalue weighted by Gasteiger charge is -2.31. The first-order valence-electron chi connectivity index (χ1n) is 5.54. The van der Waals surface area contributed by atoms with E-state index in [1.54, 1.807) is 0 Å². The van der Waals surface area contributed by atoms with Gasteiger partial charge in [-0.2, -0.15) is 0 Å². The molecule has 88 valence electrons. The van der Waals surface area contributed by atoms with Crippen LogP contribution in [0, 0.1) is 0 Å². The van der Waals surface area contributed by atoms with Crippen LogP contribution in [0.4, 0.5) is 4.79 Å². The van der Waals surface area contributed by atoms with Gasteiger partial charge in [0.05, 0.1) is 0 Å². The Morgan fingerprint density at radius 2 is 2.33 bits per heavy atom. The number of carbonyl (C=O) groups is 1. The summed E-state index contributed by atoms with van der Waals surface area (Å²) in [6.07, 6.45) is 0. The van der Waals surface area contributed by atoms with Gasteiger partial charge < -0.3 is 20.9 Å². The lowest BCUT2D eigenvalue weighted by atomic mass is 10.2. The molecule has 1 atom stereocenters. The Hall–Kier alpha value is -0.810. The average Bonchev–Trinajstić information content (AvgIpc) is 2.14. The molecule has 1 rings (SSSR count). The van der Waals surface area contributed by atoms with Crippen molar-refractivity contribution in [3.05, 3.63) is 0 Å². The minimum absolute atomic E-state index is 0.0833. The van der Waals surface area contributed by atoms with E-state index in [0.29, 0.717) is 12.6 Å². The van der Waals surface area contributed by atoms with Crippen LogP contribution in [-0.2, 0) is 0 Å². The summed E-state index contributed by atoms with van der Waals surface area (Å²) in [5.41, 5.74) is 0. The van der Waals surface area contributed by atoms with Crippen molar-refractivity contribution in [1.82, 2.24) is 20.9 Å². The summed E-state index contributed by atoms with van der Waals surface area (Å²) in [6, 6.07) is 0.466. The van der Waals surface area contributed by atoms with Crippen LogP contribution in [0.15, 0.2) is 0 Å². The summed E-state index contributed by atoms with van der Waals surface area (Å²) in [5, 5.41) is 9.04. The molecular weight excluding hydrogens is 192 g/mol. The highest BCUT2D eigenvalue weighted by molar-refractivity contribution is 5.74. The summed E-state index contributed by atoms with van der Waals surface area (Å²) in [6.45, 7) is 7.65. The fraction of sp³-hybridized carbons (Fsp3) is 0.900. The second-order valence-electron chi connectivity index (χ2n) is 4.42. The van der Waals surface area contributed by atoms with Crippen molar-refractivity contribution in [2.24, 2.45) is 0 Å². The maximum Gasteiger partial charge on any atom is 0.315 e. The molecule has 0 aromatic heterocycles. The standard InChI is InChI=1S/C10H22N4O/c1-8(2)13-10(15)12-6-9-7-14(3)5-4-11-9/h8-9,11H,4-7H2,1-3H3,(H2,12,13,15). The fourth-order valence-corrected chi connectivity index (χ4v) is 1.66. The van der Waals surface area contributed by atoms with Crippen LogP contribution < -0.4 is 16.0 Å². The van der Waals surface area contributed by atoms with Gasteiger partial charge in [-0.3, -0.25) is 0 Å². The monoisotopic (exact) mass is 214 g/mol. The number of hydrogen-bond donors (Lipinski definition) is 3. The van der Waals surface area contributed by atoms with Crippen LogP contribution in [0.5, 0.6) is 0 Å². The minimum atomic E-state index is -0.0833. The van der Waals surface area contributed by atoms with Crippen LogP contribution in [0.25, 0.3) is 0 Å². The van der Waals surface area contributed by atoms with Gasteiger partial charge in [0.2, 0.25) is 0 Å². The summed E-state index contributed by atoms with van der Waals surface area (Å²) in [5.74, 6) is 0. The number of carbonyl (C=O) groups excluding carboxylic acids is 1. The van der Waals surface area contributed by atoms with Crippen LogP contribution >= 0.6 is 0 Å². The molecule has 0 aliphatic carbocycles. The van der Waals surface area contributed by atoms with Crippen molar-refractivity contribution in [2.75, 3.05) is 33.2 Å². The van der Waals surface area contributed by atoms with Gasteiger partial charge in [0, 0.05) is 38.3 Å². The lowest BCUT2D eigenvalue weighted by molar-refractivity contribution is 0.221. The zero-order valence-corrected chi connectivity index (χ0v) is 9.84. The number of urea groups is 1. The molecule has 0 spiro atoms. The topological polar surface area (TPSA) is 56.4 Å². The van der Waals surface area contributed by atoms with Gasteiger partial charge in [0.25, 0.3) is 0 Å². The van der Waals surface area contributed by atoms with E-state index in [2.05, 4.69) is 27.9 Å². The third-order valence-corrected chi connectivity index (χ3v) is 2.39. The number of hydrogen-bond acceptors (Lipinski definition) is 3. The number of amides is 2. The molecule has 5 heteroatoms. The van der Waals surface area contributed by atoms with Crippen molar-refractivity contribution in [3.8, 4) is 0 Å². The Labute approximate surface area is 91.6 Å². The first-order chi connectivity index (χ1) is 7.08. The second kappa shape index (κ2) is 5.92. The first-order valence-corrected chi connectivity index (χ1v) is 5.54. The van der Waals surface area contributed by atoms with E-state index >= 15 is 0 Å². The van der Waals surface area contributed by atoms with Crippen LogP contribution in [0.3, 0.4) is 0 Å². The Bertz CT molecular complexity index is 208. The molecule has 1 heterocycles. The Kier molecular flexibility index (Phi) is 4.84. The Morgan fingerprint density at radius 3 is 2.93 bits per heavy atom. The summed E-state index contributed by atoms with van der Waals surface area (Å²) >= 11 is 0. The zero-order chi connectivity index (χ0) is 11.3. The van der Waals surface area contributed by atoms with Crippen molar-refractivity contribution in [2.45, 2.75) is 25.9 Å². The van der Waals surface area contributed by atoms with Crippen LogP contribution in [-0.4, -0.2) is 56.2 Å². The maximum atomic E-state index is 11.3. The molecule has 5 nitrogen and oxygen atoms in total. The smallest absolute Gasteiger partial charge is 0.315 e. The van der Waals surface area contributed by atoms with Gasteiger partial charge in [-0.1, -0.05) is 0 Å². The summed E-state index contributed by atoms with van der Waals surface area (Å²) in [7, 11) is 2.10. The molecule has 1 aliphatic rings. The van der Waals surface area contributed by atoms with Gasteiger partial charge in [0.15, 0.2) is 0 Å². The third-order valence-electron chi connectivity index (χ3n) is 2.39. The van der Waals surface area contributed by atoms with Crippen molar-refractivity contribution >= 4 is 6.03 Å². The second-order valence-corrected chi connectivity index (χ2v) is 4.42. The van der Waals surface area contributed by atoms with Crippen molar-refractivity contribution in [1.29, 1.82) is 0 Å². The zero-order valence-electron chi connectivity index (χ0n) is 9.84. The Morgan fingerprint density at radius 1 is 1.60 bits per heavy atom. The van der Waals surface area contributed by atoms with E-state index in [4.69, 9.17) is 0 Å². The van der Waals surface area contributed by atoms with Crippen molar-refractivity contribution in [3.63, 3.8) is 0 Å². The fourth-order valence-electron chi connectivity index (χ4n) is 1.66. The van der Waals surface area contributed by atoms with Crippen LogP contribution in [0.1, 0.15) is 13.8 Å². The molecule has 1 aliphatic heterocycles. The highest BCUT2D eigenvalue weighted by Gasteiger charge is 2.16. The van der Waals surface area contributed by atoms with E-state index in [0.717, 1.165) is 19.6 Å². The van der Waals surface area contributed by atoms with Gasteiger partial charge in [-0.15, -0.1) is 0 Å². The SMILES string of the molecule is CC(C)NC(=O)NCC1CN(C)CCN1. The van der Waals surface area contributed by atoms with E-state index in [9.17, 15) is 4.79 Å². The molecular formula is C10H22N4O. The molecule has 0 radical (unpaired) electrons. The molecule has 15 heavy (non-hydrogen) atoms. The molecule has 3 N–H and O–H groups in total. The number of nitrogens with zero attached hydrogens (tertiary/aromatic N) is 1. The predicted octanol–water partition coefficient (Wildman–Crippen LogP) is -0.402. The van der Waals surface area contributed by atoms with E-state index < -0.39 is 0 Å². The average molecular weight is 214 g/mol. The quantitative estimate of drug-likeness (QED) is 0.599. The molecule has 0 aromatic rings. The molecule has 1 unspecified atom stereocenters. The first kappa shape index (κ1) is 12.3. The van der Waals surface area contributed by atoms with E-state index in [-0.39, 0.29) is 12.1 Å². The Balaban J connectivity index is 2.16. The predicted molar refractivity (Wildman–Crippen MR) is 61.0 cm³/mol. The number of rotatable bonds is 3. The van der Waals surface area contributed by atoms with Crippen molar-refractivity contribution < 1.29 is 4.79 Å². The molecule has 0 aromatic carbocycles. The highest BCUT2D eigenvalue weighted by Crippen LogP contribution is 1.94. The van der Waals surface area contributed by atoms with Gasteiger partial charge >= 0.3 is 6.03 Å². The van der Waals surface area contributed by atoms with Gasteiger partial charge in [0.1, 0.15) is 0 Å². The summed E-state index contributed by atoms with van der Waals surface area (Å²) in [4.78, 5) is 13.6. The maximum absolute atomic E-state index is 11.3. The molecule has 0 bridgehead atoms. The van der Waals surface area contributed by atoms with Crippen LogP contribution in [0.2, 0.25) is 0 Å². The third kappa shape index (κ3) is 4.99. The minimum Gasteiger partial charge on any atom is -0.337 e. The lowest BCUT2D eigenvalue weighted by Crippen LogP contribution is -2.55. The number of piperazine rings is 1. The highest BCUT2D eigenvalue weighted by atomic mass is 16.2. The normalized spacial score (nSPS) is 22.8. The number of likely N-dealkylation sites (N-methyl/N-ethyl adjacent to an activating group) is 1. The van der Waals surface area contributed by atoms with Gasteiger partial charge in [-0.05, 0) is 20.9 Å². The molecule has 0 saturated carbocycles. The van der Waals surface area contributed by atoms with E-state index in [1.165, 1.54) is 0 Å². The molecule has 1 fully saturated rings.